The molecule has 2 aromatic rings. The van der Waals surface area contributed by atoms with E-state index in [-0.39, 0.29) is 25.6 Å². The Kier molecular flexibility index (Phi) is 5.59. The first-order valence-electron chi connectivity index (χ1n) is 6.55. The van der Waals surface area contributed by atoms with E-state index in [1.54, 1.807) is 12.4 Å². The van der Waals surface area contributed by atoms with Gasteiger partial charge in [-0.1, -0.05) is 23.7 Å². The van der Waals surface area contributed by atoms with Crippen molar-refractivity contribution in [2.45, 2.75) is 13.1 Å². The first-order chi connectivity index (χ1) is 10.2. The van der Waals surface area contributed by atoms with E-state index in [1.165, 1.54) is 4.68 Å². The summed E-state index contributed by atoms with van der Waals surface area (Å²) in [6.45, 7) is 0.961. The lowest BCUT2D eigenvalue weighted by molar-refractivity contribution is -0.122. The maximum Gasteiger partial charge on any atom is 0.241 e. The zero-order chi connectivity index (χ0) is 15.1. The molecule has 21 heavy (non-hydrogen) atoms. The average molecular weight is 309 g/mol. The van der Waals surface area contributed by atoms with Gasteiger partial charge >= 0.3 is 0 Å². The number of benzene rings is 1. The summed E-state index contributed by atoms with van der Waals surface area (Å²) in [6.07, 6.45) is 3.42. The number of nitrogens with zero attached hydrogens (tertiary/aromatic N) is 2. The van der Waals surface area contributed by atoms with E-state index < -0.39 is 0 Å². The van der Waals surface area contributed by atoms with Crippen LogP contribution in [0.2, 0.25) is 5.02 Å². The zero-order valence-electron chi connectivity index (χ0n) is 11.4. The first-order valence-corrected chi connectivity index (χ1v) is 6.93. The van der Waals surface area contributed by atoms with E-state index in [4.69, 9.17) is 16.7 Å². The van der Waals surface area contributed by atoms with Crippen molar-refractivity contribution in [1.29, 1.82) is 0 Å². The number of amides is 1. The van der Waals surface area contributed by atoms with Crippen LogP contribution in [0, 0.1) is 0 Å². The molecule has 1 aromatic heterocycles. The monoisotopic (exact) mass is 308 g/mol. The van der Waals surface area contributed by atoms with Gasteiger partial charge in [-0.25, -0.2) is 0 Å². The first kappa shape index (κ1) is 15.3. The lowest BCUT2D eigenvalue weighted by Gasteiger charge is -2.04. The minimum absolute atomic E-state index is 0.0707. The molecule has 0 fully saturated rings. The molecule has 0 radical (unpaired) electrons. The van der Waals surface area contributed by atoms with Gasteiger partial charge in [-0.3, -0.25) is 9.48 Å². The third-order valence-corrected chi connectivity index (χ3v) is 3.03. The van der Waals surface area contributed by atoms with Crippen LogP contribution in [0.15, 0.2) is 36.7 Å². The molecule has 0 unspecified atom stereocenters. The maximum absolute atomic E-state index is 11.5. The fraction of sp³-hybridized carbons (Fsp3) is 0.286. The molecule has 112 valence electrons. The summed E-state index contributed by atoms with van der Waals surface area (Å²) in [5.74, 6) is -0.184. The van der Waals surface area contributed by atoms with Crippen molar-refractivity contribution in [3.63, 3.8) is 0 Å². The number of anilines is 1. The number of nitrogens with one attached hydrogen (secondary N) is 2. The van der Waals surface area contributed by atoms with Gasteiger partial charge in [0.05, 0.1) is 18.5 Å². The van der Waals surface area contributed by atoms with Crippen LogP contribution in [0.25, 0.3) is 0 Å². The van der Waals surface area contributed by atoms with Gasteiger partial charge in [-0.15, -0.1) is 0 Å². The number of aliphatic hydroxyl groups excluding tert-OH is 1. The highest BCUT2D eigenvalue weighted by atomic mass is 35.5. The van der Waals surface area contributed by atoms with Crippen molar-refractivity contribution in [3.05, 3.63) is 47.2 Å². The number of carbonyl (C=O) groups excluding carboxylic acids is 1. The van der Waals surface area contributed by atoms with Gasteiger partial charge < -0.3 is 15.7 Å². The fourth-order valence-corrected chi connectivity index (χ4v) is 1.87. The number of halogens is 1. The highest BCUT2D eigenvalue weighted by Crippen LogP contribution is 2.12. The van der Waals surface area contributed by atoms with Gasteiger partial charge in [0.1, 0.15) is 6.54 Å². The van der Waals surface area contributed by atoms with Crippen LogP contribution in [0.5, 0.6) is 0 Å². The molecule has 0 spiro atoms. The minimum Gasteiger partial charge on any atom is -0.395 e. The van der Waals surface area contributed by atoms with Crippen LogP contribution in [0.3, 0.4) is 0 Å². The van der Waals surface area contributed by atoms with Crippen LogP contribution in [0.4, 0.5) is 5.69 Å². The molecule has 1 heterocycles. The Bertz CT molecular complexity index is 583. The smallest absolute Gasteiger partial charge is 0.241 e. The molecule has 2 rings (SSSR count). The Morgan fingerprint density at radius 1 is 1.33 bits per heavy atom. The van der Waals surface area contributed by atoms with E-state index in [0.717, 1.165) is 11.3 Å². The Morgan fingerprint density at radius 3 is 2.81 bits per heavy atom. The van der Waals surface area contributed by atoms with Crippen LogP contribution < -0.4 is 10.6 Å². The van der Waals surface area contributed by atoms with Gasteiger partial charge in [0.25, 0.3) is 0 Å². The summed E-state index contributed by atoms with van der Waals surface area (Å²) in [5.41, 5.74) is 1.94. The van der Waals surface area contributed by atoms with E-state index in [1.807, 2.05) is 24.3 Å². The second-order valence-electron chi connectivity index (χ2n) is 4.48. The molecule has 0 atom stereocenters. The zero-order valence-corrected chi connectivity index (χ0v) is 12.2. The van der Waals surface area contributed by atoms with Gasteiger partial charge in [-0.05, 0) is 17.7 Å². The summed E-state index contributed by atoms with van der Waals surface area (Å²) in [5, 5.41) is 19.2. The molecule has 1 aromatic carbocycles. The van der Waals surface area contributed by atoms with E-state index in [9.17, 15) is 4.79 Å². The van der Waals surface area contributed by atoms with Crippen molar-refractivity contribution >= 4 is 23.2 Å². The van der Waals surface area contributed by atoms with Crippen LogP contribution >= 0.6 is 11.6 Å². The standard InChI is InChI=1S/C14H17ClN4O2/c15-12-3-1-11(2-4-12)7-17-13-8-18-19(9-13)10-14(21)16-5-6-20/h1-4,8-9,17,20H,5-7,10H2,(H,16,21). The van der Waals surface area contributed by atoms with Gasteiger partial charge in [-0.2, -0.15) is 5.10 Å². The molecule has 0 bridgehead atoms. The predicted octanol–water partition coefficient (Wildman–Crippen LogP) is 1.26. The summed E-state index contributed by atoms with van der Waals surface area (Å²) < 4.78 is 1.54. The molecule has 0 saturated heterocycles. The third kappa shape index (κ3) is 5.09. The van der Waals surface area contributed by atoms with Crippen molar-refractivity contribution in [2.75, 3.05) is 18.5 Å². The van der Waals surface area contributed by atoms with Crippen LogP contribution in [0.1, 0.15) is 5.56 Å². The Balaban J connectivity index is 1.82. The van der Waals surface area contributed by atoms with Crippen LogP contribution in [-0.4, -0.2) is 33.9 Å². The number of carbonyl (C=O) groups is 1. The predicted molar refractivity (Wildman–Crippen MR) is 81.1 cm³/mol. The molecule has 0 saturated carbocycles. The maximum atomic E-state index is 11.5. The van der Waals surface area contributed by atoms with Crippen molar-refractivity contribution < 1.29 is 9.90 Å². The average Bonchev–Trinajstić information content (AvgIpc) is 2.92. The fourth-order valence-electron chi connectivity index (χ4n) is 1.75. The number of rotatable bonds is 7. The van der Waals surface area contributed by atoms with E-state index >= 15 is 0 Å². The molecule has 0 aliphatic heterocycles. The molecule has 0 aliphatic carbocycles. The topological polar surface area (TPSA) is 79.2 Å². The van der Waals surface area contributed by atoms with E-state index in [0.29, 0.717) is 11.6 Å². The van der Waals surface area contributed by atoms with Crippen molar-refractivity contribution in [2.24, 2.45) is 0 Å². The lowest BCUT2D eigenvalue weighted by atomic mass is 10.2. The molecule has 7 heteroatoms. The lowest BCUT2D eigenvalue weighted by Crippen LogP contribution is -2.30. The number of hydrogen-bond donors (Lipinski definition) is 3. The summed E-state index contributed by atoms with van der Waals surface area (Å²) in [7, 11) is 0. The third-order valence-electron chi connectivity index (χ3n) is 2.78. The van der Waals surface area contributed by atoms with Gasteiger partial charge in [0, 0.05) is 24.3 Å². The summed E-state index contributed by atoms with van der Waals surface area (Å²) in [4.78, 5) is 11.5. The molecule has 1 amide bonds. The van der Waals surface area contributed by atoms with E-state index in [2.05, 4.69) is 15.7 Å². The molecular weight excluding hydrogens is 292 g/mol. The summed E-state index contributed by atoms with van der Waals surface area (Å²) in [6, 6.07) is 7.57. The van der Waals surface area contributed by atoms with Crippen LogP contribution in [-0.2, 0) is 17.9 Å². The Morgan fingerprint density at radius 2 is 2.10 bits per heavy atom. The summed E-state index contributed by atoms with van der Waals surface area (Å²) >= 11 is 5.83. The van der Waals surface area contributed by atoms with Gasteiger partial charge in [0.15, 0.2) is 0 Å². The quantitative estimate of drug-likeness (QED) is 0.719. The van der Waals surface area contributed by atoms with Crippen molar-refractivity contribution in [3.8, 4) is 0 Å². The highest BCUT2D eigenvalue weighted by molar-refractivity contribution is 6.30. The molecule has 0 aliphatic rings. The second kappa shape index (κ2) is 7.66. The number of hydrogen-bond acceptors (Lipinski definition) is 4. The molecule has 6 nitrogen and oxygen atoms in total. The molecular formula is C14H17ClN4O2. The van der Waals surface area contributed by atoms with Crippen molar-refractivity contribution in [1.82, 2.24) is 15.1 Å². The minimum atomic E-state index is -0.184. The second-order valence-corrected chi connectivity index (χ2v) is 4.92. The SMILES string of the molecule is O=C(Cn1cc(NCc2ccc(Cl)cc2)cn1)NCCO. The Hall–Kier alpha value is -2.05. The number of aromatic nitrogens is 2. The number of aliphatic hydroxyl groups is 1. The Labute approximate surface area is 127 Å². The molecule has 3 N–H and O–H groups in total. The largest absolute Gasteiger partial charge is 0.395 e. The van der Waals surface area contributed by atoms with Gasteiger partial charge in [0.2, 0.25) is 5.91 Å². The highest BCUT2D eigenvalue weighted by Gasteiger charge is 2.04. The normalized spacial score (nSPS) is 10.4.